The molecule has 5 heteroatoms. The Bertz CT molecular complexity index is 558. The van der Waals surface area contributed by atoms with Crippen molar-refractivity contribution in [2.24, 2.45) is 16.7 Å². The standard InChI is InChI=1S/C16H20F3NO/c1-15(2)13(16(15,3)4)14(21)20(5)8-9-6-10(17)12(19)11(18)7-9/h6-7,13H,8H2,1-5H3. The van der Waals surface area contributed by atoms with Gasteiger partial charge < -0.3 is 4.90 Å². The van der Waals surface area contributed by atoms with Crippen LogP contribution in [0.15, 0.2) is 12.1 Å². The minimum atomic E-state index is -1.49. The van der Waals surface area contributed by atoms with Crippen molar-refractivity contribution in [1.82, 2.24) is 4.90 Å². The first-order valence-electron chi connectivity index (χ1n) is 6.88. The van der Waals surface area contributed by atoms with E-state index in [0.29, 0.717) is 0 Å². The Morgan fingerprint density at radius 2 is 1.52 bits per heavy atom. The van der Waals surface area contributed by atoms with Gasteiger partial charge in [0.25, 0.3) is 0 Å². The lowest BCUT2D eigenvalue weighted by Gasteiger charge is -2.19. The maximum atomic E-state index is 13.2. The fourth-order valence-electron chi connectivity index (χ4n) is 3.09. The molecule has 0 unspecified atom stereocenters. The summed E-state index contributed by atoms with van der Waals surface area (Å²) in [5.41, 5.74) is 0.0356. The predicted octanol–water partition coefficient (Wildman–Crippen LogP) is 3.74. The van der Waals surface area contributed by atoms with Crippen molar-refractivity contribution >= 4 is 5.91 Å². The molecule has 1 aliphatic carbocycles. The minimum absolute atomic E-state index is 0.0512. The first-order valence-corrected chi connectivity index (χ1v) is 6.88. The van der Waals surface area contributed by atoms with Crippen molar-refractivity contribution in [3.63, 3.8) is 0 Å². The molecule has 0 N–H and O–H groups in total. The zero-order chi connectivity index (χ0) is 16.2. The number of carbonyl (C=O) groups is 1. The molecule has 1 fully saturated rings. The third kappa shape index (κ3) is 2.43. The summed E-state index contributed by atoms with van der Waals surface area (Å²) < 4.78 is 39.3. The molecule has 1 aliphatic rings. The Hall–Kier alpha value is -1.52. The average Bonchev–Trinajstić information content (AvgIpc) is 2.75. The van der Waals surface area contributed by atoms with E-state index < -0.39 is 17.5 Å². The average molecular weight is 299 g/mol. The SMILES string of the molecule is CN(Cc1cc(F)c(F)c(F)c1)C(=O)C1C(C)(C)C1(C)C. The van der Waals surface area contributed by atoms with Gasteiger partial charge in [-0.3, -0.25) is 4.79 Å². The Morgan fingerprint density at radius 1 is 1.10 bits per heavy atom. The predicted molar refractivity (Wildman–Crippen MR) is 73.8 cm³/mol. The largest absolute Gasteiger partial charge is 0.341 e. The molecule has 1 amide bonds. The van der Waals surface area contributed by atoms with E-state index in [1.54, 1.807) is 7.05 Å². The Morgan fingerprint density at radius 3 is 1.90 bits per heavy atom. The molecular formula is C16H20F3NO. The van der Waals surface area contributed by atoms with Crippen molar-refractivity contribution in [1.29, 1.82) is 0 Å². The zero-order valence-corrected chi connectivity index (χ0v) is 12.9. The first kappa shape index (κ1) is 15.9. The van der Waals surface area contributed by atoms with Crippen molar-refractivity contribution in [2.75, 3.05) is 7.05 Å². The van der Waals surface area contributed by atoms with E-state index in [1.807, 2.05) is 27.7 Å². The van der Waals surface area contributed by atoms with Crippen LogP contribution in [0.1, 0.15) is 33.3 Å². The molecule has 0 spiro atoms. The van der Waals surface area contributed by atoms with E-state index in [2.05, 4.69) is 0 Å². The van der Waals surface area contributed by atoms with Gasteiger partial charge in [-0.1, -0.05) is 27.7 Å². The van der Waals surface area contributed by atoms with Gasteiger partial charge in [-0.15, -0.1) is 0 Å². The number of hydrogen-bond donors (Lipinski definition) is 0. The van der Waals surface area contributed by atoms with Gasteiger partial charge in [0.1, 0.15) is 0 Å². The van der Waals surface area contributed by atoms with Crippen molar-refractivity contribution in [3.8, 4) is 0 Å². The van der Waals surface area contributed by atoms with Crippen LogP contribution in [-0.4, -0.2) is 17.9 Å². The van der Waals surface area contributed by atoms with Crippen LogP contribution < -0.4 is 0 Å². The van der Waals surface area contributed by atoms with Crippen LogP contribution in [0.5, 0.6) is 0 Å². The number of amides is 1. The second-order valence-corrected chi connectivity index (χ2v) is 6.94. The maximum absolute atomic E-state index is 13.2. The highest BCUT2D eigenvalue weighted by molar-refractivity contribution is 5.84. The number of nitrogens with zero attached hydrogens (tertiary/aromatic N) is 1. The summed E-state index contributed by atoms with van der Waals surface area (Å²) in [7, 11) is 1.59. The topological polar surface area (TPSA) is 20.3 Å². The van der Waals surface area contributed by atoms with Gasteiger partial charge in [0.15, 0.2) is 17.5 Å². The molecule has 0 radical (unpaired) electrons. The van der Waals surface area contributed by atoms with Gasteiger partial charge in [-0.2, -0.15) is 0 Å². The molecule has 0 atom stereocenters. The summed E-state index contributed by atoms with van der Waals surface area (Å²) in [6.07, 6.45) is 0. The van der Waals surface area contributed by atoms with E-state index in [9.17, 15) is 18.0 Å². The molecule has 0 bridgehead atoms. The second kappa shape index (κ2) is 4.75. The summed E-state index contributed by atoms with van der Waals surface area (Å²) in [6, 6.07) is 1.84. The molecule has 1 saturated carbocycles. The van der Waals surface area contributed by atoms with Crippen LogP contribution in [0.2, 0.25) is 0 Å². The lowest BCUT2D eigenvalue weighted by Crippen LogP contribution is -2.29. The Labute approximate surface area is 122 Å². The molecule has 1 aromatic rings. The molecular weight excluding hydrogens is 279 g/mol. The highest BCUT2D eigenvalue weighted by Gasteiger charge is 2.68. The number of rotatable bonds is 3. The summed E-state index contributed by atoms with van der Waals surface area (Å²) in [5.74, 6) is -4.15. The third-order valence-corrected chi connectivity index (χ3v) is 5.11. The summed E-state index contributed by atoms with van der Waals surface area (Å²) in [4.78, 5) is 13.9. The molecule has 21 heavy (non-hydrogen) atoms. The molecule has 1 aromatic carbocycles. The highest BCUT2D eigenvalue weighted by atomic mass is 19.2. The molecule has 0 aliphatic heterocycles. The molecule has 0 aromatic heterocycles. The van der Waals surface area contributed by atoms with E-state index in [-0.39, 0.29) is 34.8 Å². The maximum Gasteiger partial charge on any atom is 0.226 e. The van der Waals surface area contributed by atoms with Gasteiger partial charge in [-0.05, 0) is 28.5 Å². The highest BCUT2D eigenvalue weighted by Crippen LogP contribution is 2.68. The van der Waals surface area contributed by atoms with Crippen molar-refractivity contribution < 1.29 is 18.0 Å². The fourth-order valence-corrected chi connectivity index (χ4v) is 3.09. The van der Waals surface area contributed by atoms with Crippen molar-refractivity contribution in [3.05, 3.63) is 35.1 Å². The minimum Gasteiger partial charge on any atom is -0.341 e. The molecule has 0 heterocycles. The summed E-state index contributed by atoms with van der Waals surface area (Å²) >= 11 is 0. The normalized spacial score (nSPS) is 19.4. The number of carbonyl (C=O) groups excluding carboxylic acids is 1. The van der Waals surface area contributed by atoms with Crippen LogP contribution >= 0.6 is 0 Å². The zero-order valence-electron chi connectivity index (χ0n) is 12.9. The summed E-state index contributed by atoms with van der Waals surface area (Å²) in [6.45, 7) is 8.16. The van der Waals surface area contributed by atoms with E-state index in [1.165, 1.54) is 4.90 Å². The molecule has 2 rings (SSSR count). The van der Waals surface area contributed by atoms with Crippen LogP contribution in [0.25, 0.3) is 0 Å². The lowest BCUT2D eigenvalue weighted by atomic mass is 10.0. The first-order chi connectivity index (χ1) is 9.50. The lowest BCUT2D eigenvalue weighted by molar-refractivity contribution is -0.133. The summed E-state index contributed by atoms with van der Waals surface area (Å²) in [5, 5.41) is 0. The fraction of sp³-hybridized carbons (Fsp3) is 0.562. The number of halogens is 3. The van der Waals surface area contributed by atoms with Crippen LogP contribution in [0, 0.1) is 34.2 Å². The Balaban J connectivity index is 2.13. The van der Waals surface area contributed by atoms with Crippen LogP contribution in [0.4, 0.5) is 13.2 Å². The van der Waals surface area contributed by atoms with Crippen LogP contribution in [-0.2, 0) is 11.3 Å². The van der Waals surface area contributed by atoms with E-state index in [0.717, 1.165) is 12.1 Å². The molecule has 2 nitrogen and oxygen atoms in total. The Kier molecular flexibility index (Phi) is 3.59. The number of hydrogen-bond acceptors (Lipinski definition) is 1. The van der Waals surface area contributed by atoms with Gasteiger partial charge >= 0.3 is 0 Å². The van der Waals surface area contributed by atoms with Gasteiger partial charge in [-0.25, -0.2) is 13.2 Å². The quantitative estimate of drug-likeness (QED) is 0.779. The van der Waals surface area contributed by atoms with Gasteiger partial charge in [0.2, 0.25) is 5.91 Å². The number of benzene rings is 1. The van der Waals surface area contributed by atoms with Gasteiger partial charge in [0.05, 0.1) is 0 Å². The van der Waals surface area contributed by atoms with Gasteiger partial charge in [0, 0.05) is 19.5 Å². The monoisotopic (exact) mass is 299 g/mol. The van der Waals surface area contributed by atoms with E-state index in [4.69, 9.17) is 0 Å². The molecule has 116 valence electrons. The third-order valence-electron chi connectivity index (χ3n) is 5.11. The van der Waals surface area contributed by atoms with E-state index >= 15 is 0 Å². The molecule has 0 saturated heterocycles. The van der Waals surface area contributed by atoms with Crippen molar-refractivity contribution in [2.45, 2.75) is 34.2 Å². The van der Waals surface area contributed by atoms with Crippen LogP contribution in [0.3, 0.4) is 0 Å². The smallest absolute Gasteiger partial charge is 0.226 e. The second-order valence-electron chi connectivity index (χ2n) is 6.94.